The Morgan fingerprint density at radius 3 is 2.17 bits per heavy atom. The molecule has 0 amide bonds. The summed E-state index contributed by atoms with van der Waals surface area (Å²) in [7, 11) is 30.0. The summed E-state index contributed by atoms with van der Waals surface area (Å²) >= 11 is 0. The molecule has 10 radical (unpaired) electrons. The fourth-order valence-corrected chi connectivity index (χ4v) is 2.55. The van der Waals surface area contributed by atoms with Crippen molar-refractivity contribution >= 4 is 50.2 Å². The quantitative estimate of drug-likeness (QED) is 0.476. The van der Waals surface area contributed by atoms with E-state index in [9.17, 15) is 0 Å². The molecule has 0 saturated carbocycles. The van der Waals surface area contributed by atoms with Crippen molar-refractivity contribution < 1.29 is 9.47 Å². The van der Waals surface area contributed by atoms with Crippen molar-refractivity contribution in [2.45, 2.75) is 17.1 Å². The first-order valence-electron chi connectivity index (χ1n) is 5.42. The Hall–Kier alpha value is -0.895. The smallest absolute Gasteiger partial charge is 0.231 e. The molecule has 0 saturated heterocycles. The highest BCUT2D eigenvalue weighted by atomic mass is 16.7. The fraction of sp³-hybridized carbons (Fsp3) is 0.400. The zero-order chi connectivity index (χ0) is 13.3. The van der Waals surface area contributed by atoms with Crippen molar-refractivity contribution in [3.8, 4) is 11.5 Å². The zero-order valence-corrected chi connectivity index (χ0v) is 9.69. The van der Waals surface area contributed by atoms with Gasteiger partial charge >= 0.3 is 0 Å². The van der Waals surface area contributed by atoms with Gasteiger partial charge in [-0.3, -0.25) is 0 Å². The normalized spacial score (nSPS) is 27.2. The van der Waals surface area contributed by atoms with E-state index in [1.54, 1.807) is 0 Å². The Morgan fingerprint density at radius 1 is 1.00 bits per heavy atom. The number of fused-ring (bicyclic) bond motifs is 2. The highest BCUT2D eigenvalue weighted by molar-refractivity contribution is 6.50. The van der Waals surface area contributed by atoms with Crippen molar-refractivity contribution in [1.82, 2.24) is 0 Å². The monoisotopic (exact) mass is 227 g/mol. The molecule has 1 aromatic rings. The largest absolute Gasteiger partial charge is 0.454 e. The van der Waals surface area contributed by atoms with Gasteiger partial charge in [0, 0.05) is 0 Å². The number of hydrogen-bond acceptors (Lipinski definition) is 3. The van der Waals surface area contributed by atoms with Crippen molar-refractivity contribution in [3.05, 3.63) is 11.1 Å². The second-order valence-electron chi connectivity index (χ2n) is 4.83. The lowest BCUT2D eigenvalue weighted by molar-refractivity contribution is 0.175. The molecule has 2 N–H and O–H groups in total. The molecule has 18 heavy (non-hydrogen) atoms. The number of ether oxygens (including phenoxy) is 2. The lowest BCUT2D eigenvalue weighted by Crippen LogP contribution is -2.58. The summed E-state index contributed by atoms with van der Waals surface area (Å²) < 4.78 is 10.6. The Labute approximate surface area is 112 Å². The Morgan fingerprint density at radius 2 is 1.56 bits per heavy atom. The number of nitrogens with two attached hydrogens (primary N) is 1. The zero-order valence-electron chi connectivity index (χ0n) is 9.69. The molecular formula is C10H6B5NO2. The van der Waals surface area contributed by atoms with Gasteiger partial charge < -0.3 is 15.2 Å². The second-order valence-corrected chi connectivity index (χ2v) is 4.83. The molecule has 0 bridgehead atoms. The molecule has 3 rings (SSSR count). The van der Waals surface area contributed by atoms with Crippen LogP contribution < -0.4 is 26.1 Å². The molecule has 1 aromatic carbocycles. The van der Waals surface area contributed by atoms with Gasteiger partial charge in [0.15, 0.2) is 11.5 Å². The average Bonchev–Trinajstić information content (AvgIpc) is 2.79. The van der Waals surface area contributed by atoms with E-state index in [0.717, 1.165) is 0 Å². The van der Waals surface area contributed by atoms with Crippen LogP contribution in [0.4, 0.5) is 0 Å². The van der Waals surface area contributed by atoms with Crippen molar-refractivity contribution in [2.24, 2.45) is 5.73 Å². The maximum Gasteiger partial charge on any atom is 0.231 e. The van der Waals surface area contributed by atoms with Crippen LogP contribution in [0.25, 0.3) is 0 Å². The van der Waals surface area contributed by atoms with Gasteiger partial charge in [0.25, 0.3) is 0 Å². The van der Waals surface area contributed by atoms with Crippen LogP contribution in [0.5, 0.6) is 11.5 Å². The summed E-state index contributed by atoms with van der Waals surface area (Å²) in [5, 5.41) is -1.47. The summed E-state index contributed by atoms with van der Waals surface area (Å²) in [6.07, 6.45) is 0.224. The lowest BCUT2D eigenvalue weighted by Gasteiger charge is -2.38. The molecule has 1 aliphatic heterocycles. The molecule has 0 spiro atoms. The Balaban J connectivity index is 2.35. The fourth-order valence-electron chi connectivity index (χ4n) is 2.55. The number of hydrogen-bond donors (Lipinski definition) is 1. The van der Waals surface area contributed by atoms with Crippen LogP contribution in [-0.2, 0) is 11.6 Å². The molecule has 1 aliphatic carbocycles. The van der Waals surface area contributed by atoms with Crippen LogP contribution in [0, 0.1) is 0 Å². The van der Waals surface area contributed by atoms with Crippen LogP contribution in [0.15, 0.2) is 0 Å². The summed E-state index contributed by atoms with van der Waals surface area (Å²) in [6, 6.07) is 0. The van der Waals surface area contributed by atoms with E-state index >= 15 is 0 Å². The van der Waals surface area contributed by atoms with Crippen LogP contribution in [-0.4, -0.2) is 51.5 Å². The van der Waals surface area contributed by atoms with Gasteiger partial charge in [0.05, 0.1) is 23.5 Å². The molecule has 3 nitrogen and oxygen atoms in total. The lowest BCUT2D eigenvalue weighted by atomic mass is 9.39. The van der Waals surface area contributed by atoms with E-state index < -0.39 is 10.7 Å². The van der Waals surface area contributed by atoms with Crippen molar-refractivity contribution in [1.29, 1.82) is 0 Å². The minimum Gasteiger partial charge on any atom is -0.454 e. The predicted molar refractivity (Wildman–Crippen MR) is 72.9 cm³/mol. The van der Waals surface area contributed by atoms with E-state index in [4.69, 9.17) is 54.4 Å². The van der Waals surface area contributed by atoms with Gasteiger partial charge in [-0.15, -0.1) is 0 Å². The maximum atomic E-state index is 6.03. The predicted octanol–water partition coefficient (Wildman–Crippen LogP) is -3.13. The van der Waals surface area contributed by atoms with Gasteiger partial charge in [0.2, 0.25) is 6.79 Å². The number of rotatable bonds is 0. The average molecular weight is 226 g/mol. The van der Waals surface area contributed by atoms with Gasteiger partial charge in [-0.25, -0.2) is 0 Å². The Bertz CT molecular complexity index is 558. The molecule has 1 heterocycles. The van der Waals surface area contributed by atoms with E-state index in [0.29, 0.717) is 28.1 Å². The third kappa shape index (κ3) is 1.25. The van der Waals surface area contributed by atoms with E-state index in [2.05, 4.69) is 0 Å². The molecule has 8 heteroatoms. The molecule has 78 valence electrons. The molecule has 2 aliphatic rings. The summed E-state index contributed by atoms with van der Waals surface area (Å²) in [5.74, 6) is 0.754. The van der Waals surface area contributed by atoms with E-state index in [1.807, 2.05) is 0 Å². The van der Waals surface area contributed by atoms with Crippen molar-refractivity contribution in [3.63, 3.8) is 0 Å². The van der Waals surface area contributed by atoms with Gasteiger partial charge in [-0.1, -0.05) is 10.8 Å². The van der Waals surface area contributed by atoms with E-state index in [-0.39, 0.29) is 18.7 Å². The summed E-state index contributed by atoms with van der Waals surface area (Å²) in [4.78, 5) is 0. The van der Waals surface area contributed by atoms with Crippen LogP contribution in [0.1, 0.15) is 11.1 Å². The van der Waals surface area contributed by atoms with Crippen LogP contribution in [0.2, 0.25) is 0 Å². The molecule has 1 atom stereocenters. The topological polar surface area (TPSA) is 44.5 Å². The maximum absolute atomic E-state index is 6.03. The first kappa shape index (κ1) is 12.2. The van der Waals surface area contributed by atoms with Crippen LogP contribution >= 0.6 is 0 Å². The third-order valence-electron chi connectivity index (χ3n) is 3.65. The molecule has 0 aromatic heterocycles. The van der Waals surface area contributed by atoms with Gasteiger partial charge in [0.1, 0.15) is 15.7 Å². The molecule has 0 unspecified atom stereocenters. The second kappa shape index (κ2) is 3.35. The minimum atomic E-state index is -1.47. The van der Waals surface area contributed by atoms with Crippen LogP contribution in [0.3, 0.4) is 0 Å². The molecule has 0 fully saturated rings. The SMILES string of the molecule is [B]c1c2c(c([B])c3c1OCO3)C([B])([B])[C@]([B])(N)C2. The highest BCUT2D eigenvalue weighted by Crippen LogP contribution is 2.41. The van der Waals surface area contributed by atoms with Crippen molar-refractivity contribution in [2.75, 3.05) is 6.79 Å². The number of benzene rings is 1. The third-order valence-corrected chi connectivity index (χ3v) is 3.65. The molecular weight excluding hydrogens is 220 g/mol. The standard InChI is InChI=1S/C10H6B5NO2/c11-5-3-1-9(13,16)10(14,15)4(3)6(12)8-7(5)17-2-18-8/h1-2,16H2/t9-/m1/s1. The van der Waals surface area contributed by atoms with Gasteiger partial charge in [-0.2, -0.15) is 0 Å². The first-order valence-corrected chi connectivity index (χ1v) is 5.42. The van der Waals surface area contributed by atoms with E-state index in [1.165, 1.54) is 0 Å². The van der Waals surface area contributed by atoms with Gasteiger partial charge in [-0.05, 0) is 28.3 Å². The summed E-state index contributed by atoms with van der Waals surface area (Å²) in [5.41, 5.74) is 6.35. The highest BCUT2D eigenvalue weighted by Gasteiger charge is 2.47. The summed E-state index contributed by atoms with van der Waals surface area (Å²) in [6.45, 7) is 0.0607. The Kier molecular flexibility index (Phi) is 2.26. The minimum absolute atomic E-state index is 0.0607. The first-order chi connectivity index (χ1) is 8.27.